The fraction of sp³-hybridized carbons (Fsp3) is 0.966. The Morgan fingerprint density at radius 1 is 0.371 bits per heavy atom. The number of fused-ring (bicyclic) bond motifs is 7. The third-order valence-corrected chi connectivity index (χ3v) is 18.7. The lowest BCUT2D eigenvalue weighted by molar-refractivity contribution is 0.0203. The zero-order valence-electron chi connectivity index (χ0n) is 48.4. The van der Waals surface area contributed by atoms with E-state index in [1.165, 1.54) is 208 Å². The molecule has 11 nitrogen and oxygen atoms in total. The molecule has 70 heavy (non-hydrogen) atoms. The molecule has 0 aromatic rings. The quantitative estimate of drug-likeness (QED) is 0.266. The van der Waals surface area contributed by atoms with Crippen LogP contribution in [0.5, 0.6) is 0 Å². The standard InChI is InChI=1S/C11H22N2.C11H19N.3C10H20N2.C7H16N2/c1-10(2)13-8-7-12-6-4-3-5-11(12)9-13;1-9(2)10-5-7-12-6-3-4-11(12)8-10;1-9(2)12-7-6-11-5-3-4-10(11)8-12;2*1-9(2)12-7-6-11-5-3-4-10(12)8-11;1-7(2)9-5-3-8-4-6-9/h10-11H,3-9H2,1-2H3;8-9,11H,3-7H2,1-2H3;3*9-10H,3-8H2,1-2H3;7-8H,3-6H2,1-2H3. The van der Waals surface area contributed by atoms with Crippen molar-refractivity contribution in [3.05, 3.63) is 11.6 Å². The van der Waals surface area contributed by atoms with Crippen molar-refractivity contribution in [1.82, 2.24) is 54.3 Å². The Labute approximate surface area is 434 Å². The van der Waals surface area contributed by atoms with Crippen molar-refractivity contribution >= 4 is 0 Å². The zero-order valence-corrected chi connectivity index (χ0v) is 48.4. The van der Waals surface area contributed by atoms with Gasteiger partial charge in [-0.1, -0.05) is 31.9 Å². The van der Waals surface area contributed by atoms with E-state index in [0.29, 0.717) is 0 Å². The summed E-state index contributed by atoms with van der Waals surface area (Å²) >= 11 is 0. The predicted molar refractivity (Wildman–Crippen MR) is 302 cm³/mol. The minimum Gasteiger partial charge on any atom is -0.314 e. The highest BCUT2D eigenvalue weighted by Crippen LogP contribution is 2.29. The first-order valence-electron chi connectivity index (χ1n) is 30.5. The fourth-order valence-corrected chi connectivity index (χ4v) is 14.0. The molecule has 10 fully saturated rings. The van der Waals surface area contributed by atoms with Gasteiger partial charge in [-0.2, -0.15) is 0 Å². The van der Waals surface area contributed by atoms with Gasteiger partial charge in [0.1, 0.15) is 0 Å². The molecule has 11 heterocycles. The van der Waals surface area contributed by atoms with Gasteiger partial charge < -0.3 is 15.1 Å². The molecular weight excluding hydrogens is 863 g/mol. The highest BCUT2D eigenvalue weighted by atomic mass is 15.3. The summed E-state index contributed by atoms with van der Waals surface area (Å²) in [6, 6.07) is 8.01. The van der Waals surface area contributed by atoms with Crippen molar-refractivity contribution in [2.75, 3.05) is 144 Å². The van der Waals surface area contributed by atoms with Gasteiger partial charge in [-0.05, 0) is 179 Å². The highest BCUT2D eigenvalue weighted by Gasteiger charge is 2.34. The average Bonchev–Trinajstić information content (AvgIpc) is 4.05. The summed E-state index contributed by atoms with van der Waals surface area (Å²) in [4.78, 5) is 26.3. The molecule has 7 atom stereocenters. The minimum atomic E-state index is 0.729. The zero-order chi connectivity index (χ0) is 50.2. The van der Waals surface area contributed by atoms with Crippen LogP contribution in [-0.4, -0.2) is 253 Å². The van der Waals surface area contributed by atoms with Gasteiger partial charge in [0, 0.05) is 172 Å². The van der Waals surface area contributed by atoms with E-state index in [9.17, 15) is 0 Å². The van der Waals surface area contributed by atoms with Crippen molar-refractivity contribution < 1.29 is 0 Å². The van der Waals surface area contributed by atoms with Crippen LogP contribution in [0.4, 0.5) is 0 Å². The molecule has 0 aromatic heterocycles. The molecule has 0 aliphatic carbocycles. The van der Waals surface area contributed by atoms with Crippen LogP contribution >= 0.6 is 0 Å². The normalized spacial score (nSPS) is 32.5. The molecule has 0 radical (unpaired) electrons. The Kier molecular flexibility index (Phi) is 25.2. The number of nitrogens with zero attached hydrogens (tertiary/aromatic N) is 10. The molecule has 0 saturated carbocycles. The van der Waals surface area contributed by atoms with E-state index in [1.54, 1.807) is 5.57 Å². The largest absolute Gasteiger partial charge is 0.314 e. The Morgan fingerprint density at radius 2 is 0.829 bits per heavy atom. The molecule has 7 unspecified atom stereocenters. The van der Waals surface area contributed by atoms with E-state index in [-0.39, 0.29) is 0 Å². The third-order valence-electron chi connectivity index (χ3n) is 18.7. The van der Waals surface area contributed by atoms with Crippen molar-refractivity contribution in [2.24, 2.45) is 5.92 Å². The number of piperazine rings is 5. The van der Waals surface area contributed by atoms with Crippen LogP contribution in [0.25, 0.3) is 0 Å². The summed E-state index contributed by atoms with van der Waals surface area (Å²) in [5.74, 6) is 0.771. The second-order valence-electron chi connectivity index (χ2n) is 25.3. The van der Waals surface area contributed by atoms with Gasteiger partial charge in [-0.15, -0.1) is 0 Å². The molecular formula is C59H117N11. The van der Waals surface area contributed by atoms with Crippen LogP contribution < -0.4 is 5.32 Å². The smallest absolute Gasteiger partial charge is 0.0281 e. The number of nitrogens with one attached hydrogen (secondary N) is 1. The van der Waals surface area contributed by atoms with E-state index in [2.05, 4.69) is 143 Å². The summed E-state index contributed by atoms with van der Waals surface area (Å²) in [7, 11) is 0. The van der Waals surface area contributed by atoms with E-state index >= 15 is 0 Å². The maximum atomic E-state index is 3.33. The van der Waals surface area contributed by atoms with Gasteiger partial charge in [-0.25, -0.2) is 0 Å². The predicted octanol–water partition coefficient (Wildman–Crippen LogP) is 7.83. The molecule has 10 saturated heterocycles. The molecule has 1 N–H and O–H groups in total. The molecule has 0 amide bonds. The number of rotatable bonds is 6. The van der Waals surface area contributed by atoms with Crippen LogP contribution in [0.1, 0.15) is 160 Å². The van der Waals surface area contributed by atoms with Crippen molar-refractivity contribution in [3.63, 3.8) is 0 Å². The summed E-state index contributed by atoms with van der Waals surface area (Å²) in [5.41, 5.74) is 1.69. The minimum absolute atomic E-state index is 0.729. The van der Waals surface area contributed by atoms with Crippen molar-refractivity contribution in [3.8, 4) is 0 Å². The van der Waals surface area contributed by atoms with Crippen LogP contribution in [-0.2, 0) is 0 Å². The lowest BCUT2D eigenvalue weighted by Gasteiger charge is -2.46. The first kappa shape index (κ1) is 58.6. The number of hydrogen-bond acceptors (Lipinski definition) is 11. The number of piperidine rings is 3. The first-order chi connectivity index (χ1) is 33.7. The van der Waals surface area contributed by atoms with Crippen molar-refractivity contribution in [1.29, 1.82) is 0 Å². The highest BCUT2D eigenvalue weighted by molar-refractivity contribution is 5.15. The Balaban J connectivity index is 0.000000138. The lowest BCUT2D eigenvalue weighted by atomic mass is 9.94. The summed E-state index contributed by atoms with van der Waals surface area (Å²) in [5, 5.41) is 3.33. The molecule has 11 aliphatic rings. The molecule has 11 rings (SSSR count). The van der Waals surface area contributed by atoms with E-state index in [4.69, 9.17) is 0 Å². The summed E-state index contributed by atoms with van der Waals surface area (Å²) in [6.45, 7) is 56.2. The van der Waals surface area contributed by atoms with Gasteiger partial charge in [0.25, 0.3) is 0 Å². The van der Waals surface area contributed by atoms with Gasteiger partial charge >= 0.3 is 0 Å². The Morgan fingerprint density at radius 3 is 1.31 bits per heavy atom. The number of hydrogen-bond donors (Lipinski definition) is 1. The van der Waals surface area contributed by atoms with Gasteiger partial charge in [0.15, 0.2) is 0 Å². The summed E-state index contributed by atoms with van der Waals surface area (Å²) < 4.78 is 0. The maximum Gasteiger partial charge on any atom is 0.0281 e. The first-order valence-corrected chi connectivity index (χ1v) is 30.5. The van der Waals surface area contributed by atoms with E-state index in [0.717, 1.165) is 79.4 Å². The Bertz CT molecular complexity index is 1410. The summed E-state index contributed by atoms with van der Waals surface area (Å²) in [6.07, 6.45) is 19.5. The third kappa shape index (κ3) is 18.3. The van der Waals surface area contributed by atoms with Crippen LogP contribution in [0, 0.1) is 5.92 Å². The van der Waals surface area contributed by atoms with Gasteiger partial charge in [0.2, 0.25) is 0 Å². The van der Waals surface area contributed by atoms with E-state index in [1.807, 2.05) is 0 Å². The lowest BCUT2D eigenvalue weighted by Crippen LogP contribution is -2.57. The molecule has 11 heteroatoms. The second kappa shape index (κ2) is 30.1. The van der Waals surface area contributed by atoms with Gasteiger partial charge in [-0.3, -0.25) is 39.2 Å². The topological polar surface area (TPSA) is 44.4 Å². The SMILES string of the molecule is CC(C)C1=CC2CCCN2CC1.CC(C)N1CCN2CCCC1C2.CC(C)N1CCN2CCCC1C2.CC(C)N1CCN2CCCC2C1.CC(C)N1CCN2CCCCC2C1.CC(C)N1CCNCC1. The van der Waals surface area contributed by atoms with Gasteiger partial charge in [0.05, 0.1) is 0 Å². The average molecular weight is 981 g/mol. The fourth-order valence-electron chi connectivity index (χ4n) is 14.0. The molecule has 4 bridgehead atoms. The second-order valence-corrected chi connectivity index (χ2v) is 25.3. The van der Waals surface area contributed by atoms with Crippen LogP contribution in [0.2, 0.25) is 0 Å². The molecule has 0 aromatic carbocycles. The molecule has 408 valence electrons. The van der Waals surface area contributed by atoms with Crippen LogP contribution in [0.3, 0.4) is 0 Å². The molecule has 11 aliphatic heterocycles. The maximum absolute atomic E-state index is 3.33. The van der Waals surface area contributed by atoms with Crippen LogP contribution in [0.15, 0.2) is 11.6 Å². The van der Waals surface area contributed by atoms with Crippen molar-refractivity contribution in [2.45, 2.75) is 221 Å². The van der Waals surface area contributed by atoms with E-state index < -0.39 is 0 Å². The Hall–Kier alpha value is -0.700. The molecule has 0 spiro atoms. The monoisotopic (exact) mass is 980 g/mol.